The Hall–Kier alpha value is -1.70. The average molecular weight is 172 g/mol. The highest BCUT2D eigenvalue weighted by Crippen LogP contribution is 2.00. The van der Waals surface area contributed by atoms with Crippen LogP contribution in [-0.2, 0) is 0 Å². The summed E-state index contributed by atoms with van der Waals surface area (Å²) in [5.41, 5.74) is 1.99. The standard InChI is InChI=1S/C11H12N2/c1-3-9-12-13-10(2)11-7-5-4-6-8-11/h3-9H,1H2,2H3. The molecule has 0 unspecified atom stereocenters. The molecule has 66 valence electrons. The Balaban J connectivity index is 2.79. The summed E-state index contributed by atoms with van der Waals surface area (Å²) >= 11 is 0. The third-order valence-corrected chi connectivity index (χ3v) is 1.57. The van der Waals surface area contributed by atoms with Gasteiger partial charge >= 0.3 is 0 Å². The lowest BCUT2D eigenvalue weighted by atomic mass is 10.1. The first-order valence-corrected chi connectivity index (χ1v) is 4.08. The molecular weight excluding hydrogens is 160 g/mol. The van der Waals surface area contributed by atoms with Crippen LogP contribution in [0.5, 0.6) is 0 Å². The van der Waals surface area contributed by atoms with Crippen molar-refractivity contribution in [3.05, 3.63) is 48.6 Å². The van der Waals surface area contributed by atoms with Crippen molar-refractivity contribution in [1.29, 1.82) is 0 Å². The third kappa shape index (κ3) is 3.03. The van der Waals surface area contributed by atoms with Gasteiger partial charge < -0.3 is 0 Å². The Bertz CT molecular complexity index is 323. The fourth-order valence-electron chi connectivity index (χ4n) is 0.904. The quantitative estimate of drug-likeness (QED) is 0.494. The molecule has 0 aliphatic heterocycles. The first-order chi connectivity index (χ1) is 6.34. The van der Waals surface area contributed by atoms with Crippen molar-refractivity contribution < 1.29 is 0 Å². The molecule has 0 amide bonds. The van der Waals surface area contributed by atoms with E-state index in [0.717, 1.165) is 11.3 Å². The highest BCUT2D eigenvalue weighted by atomic mass is 15.2. The van der Waals surface area contributed by atoms with Crippen LogP contribution in [0.25, 0.3) is 0 Å². The van der Waals surface area contributed by atoms with Crippen LogP contribution in [0.1, 0.15) is 12.5 Å². The molecule has 0 atom stereocenters. The van der Waals surface area contributed by atoms with Crippen LogP contribution in [0.3, 0.4) is 0 Å². The fraction of sp³-hybridized carbons (Fsp3) is 0.0909. The van der Waals surface area contributed by atoms with Crippen LogP contribution < -0.4 is 0 Å². The van der Waals surface area contributed by atoms with Crippen molar-refractivity contribution in [2.75, 3.05) is 0 Å². The molecule has 0 N–H and O–H groups in total. The minimum atomic E-state index is 0.902. The Labute approximate surface area is 78.3 Å². The highest BCUT2D eigenvalue weighted by Gasteiger charge is 1.92. The molecule has 0 radical (unpaired) electrons. The second-order valence-corrected chi connectivity index (χ2v) is 2.55. The molecule has 2 heteroatoms. The van der Waals surface area contributed by atoms with Crippen LogP contribution in [0.2, 0.25) is 0 Å². The Morgan fingerprint density at radius 1 is 1.31 bits per heavy atom. The number of hydrogen-bond acceptors (Lipinski definition) is 2. The zero-order valence-corrected chi connectivity index (χ0v) is 7.64. The summed E-state index contributed by atoms with van der Waals surface area (Å²) < 4.78 is 0. The van der Waals surface area contributed by atoms with E-state index in [0.29, 0.717) is 0 Å². The Morgan fingerprint density at radius 2 is 2.00 bits per heavy atom. The largest absolute Gasteiger partial charge is 0.159 e. The SMILES string of the molecule is C=CC=NN=C(C)c1ccccc1. The molecule has 0 aliphatic carbocycles. The number of allylic oxidation sites excluding steroid dienone is 1. The summed E-state index contributed by atoms with van der Waals surface area (Å²) in [5.74, 6) is 0. The van der Waals surface area contributed by atoms with E-state index in [-0.39, 0.29) is 0 Å². The summed E-state index contributed by atoms with van der Waals surface area (Å²) in [6.45, 7) is 5.44. The lowest BCUT2D eigenvalue weighted by Crippen LogP contribution is -1.92. The van der Waals surface area contributed by atoms with Gasteiger partial charge in [-0.1, -0.05) is 36.9 Å². The van der Waals surface area contributed by atoms with Crippen LogP contribution in [0.4, 0.5) is 0 Å². The van der Waals surface area contributed by atoms with Gasteiger partial charge in [-0.25, -0.2) is 0 Å². The van der Waals surface area contributed by atoms with Crippen molar-refractivity contribution >= 4 is 11.9 Å². The summed E-state index contributed by atoms with van der Waals surface area (Å²) in [6, 6.07) is 9.94. The van der Waals surface area contributed by atoms with Gasteiger partial charge in [-0.3, -0.25) is 0 Å². The molecule has 0 fully saturated rings. The molecule has 0 spiro atoms. The van der Waals surface area contributed by atoms with Crippen LogP contribution in [-0.4, -0.2) is 11.9 Å². The smallest absolute Gasteiger partial charge is 0.0671 e. The predicted molar refractivity (Wildman–Crippen MR) is 57.3 cm³/mol. The van der Waals surface area contributed by atoms with Gasteiger partial charge in [0.05, 0.1) is 5.71 Å². The molecule has 0 saturated heterocycles. The van der Waals surface area contributed by atoms with Gasteiger partial charge in [-0.2, -0.15) is 10.2 Å². The van der Waals surface area contributed by atoms with Crippen molar-refractivity contribution in [3.8, 4) is 0 Å². The monoisotopic (exact) mass is 172 g/mol. The topological polar surface area (TPSA) is 24.7 Å². The van der Waals surface area contributed by atoms with Gasteiger partial charge in [0.2, 0.25) is 0 Å². The maximum absolute atomic E-state index is 4.00. The molecular formula is C11H12N2. The van der Waals surface area contributed by atoms with E-state index < -0.39 is 0 Å². The van der Waals surface area contributed by atoms with Gasteiger partial charge in [0.25, 0.3) is 0 Å². The summed E-state index contributed by atoms with van der Waals surface area (Å²) in [5, 5.41) is 7.81. The van der Waals surface area contributed by atoms with Gasteiger partial charge in [-0.15, -0.1) is 0 Å². The van der Waals surface area contributed by atoms with Crippen molar-refractivity contribution in [2.45, 2.75) is 6.92 Å². The lowest BCUT2D eigenvalue weighted by molar-refractivity contribution is 1.24. The van der Waals surface area contributed by atoms with E-state index in [2.05, 4.69) is 16.8 Å². The first kappa shape index (κ1) is 9.39. The minimum absolute atomic E-state index is 0.902. The van der Waals surface area contributed by atoms with E-state index in [4.69, 9.17) is 0 Å². The zero-order valence-electron chi connectivity index (χ0n) is 7.64. The second-order valence-electron chi connectivity index (χ2n) is 2.55. The van der Waals surface area contributed by atoms with Crippen LogP contribution in [0.15, 0.2) is 53.2 Å². The van der Waals surface area contributed by atoms with Gasteiger partial charge in [0.15, 0.2) is 0 Å². The molecule has 13 heavy (non-hydrogen) atoms. The molecule has 0 saturated carbocycles. The van der Waals surface area contributed by atoms with Crippen LogP contribution >= 0.6 is 0 Å². The Morgan fingerprint density at radius 3 is 2.62 bits per heavy atom. The molecule has 1 rings (SSSR count). The van der Waals surface area contributed by atoms with Gasteiger partial charge in [-0.05, 0) is 18.6 Å². The normalized spacial score (nSPS) is 11.9. The zero-order chi connectivity index (χ0) is 9.52. The predicted octanol–water partition coefficient (Wildman–Crippen LogP) is 2.67. The summed E-state index contributed by atoms with van der Waals surface area (Å²) in [4.78, 5) is 0. The maximum atomic E-state index is 4.00. The molecule has 0 aromatic heterocycles. The molecule has 0 aliphatic rings. The fourth-order valence-corrected chi connectivity index (χ4v) is 0.904. The molecule has 0 bridgehead atoms. The molecule has 0 heterocycles. The maximum Gasteiger partial charge on any atom is 0.0671 e. The lowest BCUT2D eigenvalue weighted by Gasteiger charge is -1.95. The van der Waals surface area contributed by atoms with Crippen molar-refractivity contribution in [1.82, 2.24) is 0 Å². The van der Waals surface area contributed by atoms with Crippen molar-refractivity contribution in [3.63, 3.8) is 0 Å². The highest BCUT2D eigenvalue weighted by molar-refractivity contribution is 5.98. The number of benzene rings is 1. The van der Waals surface area contributed by atoms with Gasteiger partial charge in [0.1, 0.15) is 0 Å². The van der Waals surface area contributed by atoms with E-state index in [1.165, 1.54) is 0 Å². The van der Waals surface area contributed by atoms with E-state index in [1.807, 2.05) is 37.3 Å². The average Bonchev–Trinajstić information content (AvgIpc) is 2.19. The van der Waals surface area contributed by atoms with Crippen molar-refractivity contribution in [2.24, 2.45) is 10.2 Å². The van der Waals surface area contributed by atoms with E-state index in [9.17, 15) is 0 Å². The summed E-state index contributed by atoms with van der Waals surface area (Å²) in [7, 11) is 0. The third-order valence-electron chi connectivity index (χ3n) is 1.57. The van der Waals surface area contributed by atoms with E-state index >= 15 is 0 Å². The Kier molecular flexibility index (Phi) is 3.64. The second kappa shape index (κ2) is 5.04. The number of rotatable bonds is 3. The number of nitrogens with zero attached hydrogens (tertiary/aromatic N) is 2. The first-order valence-electron chi connectivity index (χ1n) is 4.08. The van der Waals surface area contributed by atoms with Crippen LogP contribution in [0, 0.1) is 0 Å². The summed E-state index contributed by atoms with van der Waals surface area (Å²) in [6.07, 6.45) is 3.16. The van der Waals surface area contributed by atoms with Gasteiger partial charge in [0, 0.05) is 6.21 Å². The van der Waals surface area contributed by atoms with E-state index in [1.54, 1.807) is 12.3 Å². The molecule has 1 aromatic rings. The molecule has 1 aromatic carbocycles. The molecule has 2 nitrogen and oxygen atoms in total. The number of hydrogen-bond donors (Lipinski definition) is 0. The minimum Gasteiger partial charge on any atom is -0.159 e.